The van der Waals surface area contributed by atoms with Crippen LogP contribution in [0.1, 0.15) is 0 Å². The summed E-state index contributed by atoms with van der Waals surface area (Å²) in [5.74, 6) is 0. The van der Waals surface area contributed by atoms with Gasteiger partial charge in [-0.2, -0.15) is 0 Å². The van der Waals surface area contributed by atoms with E-state index in [1.54, 1.807) is 0 Å². The molecule has 0 aliphatic rings. The Morgan fingerprint density at radius 3 is 1.29 bits per heavy atom. The van der Waals surface area contributed by atoms with Gasteiger partial charge in [0, 0.05) is 34.1 Å². The van der Waals surface area contributed by atoms with Crippen LogP contribution in [0, 0.1) is 0 Å². The average Bonchev–Trinajstić information content (AvgIpc) is 0.811. The van der Waals surface area contributed by atoms with Crippen molar-refractivity contribution >= 4 is 18.9 Å². The first-order valence-electron chi connectivity index (χ1n) is 0.565. The molecule has 7 heavy (non-hydrogen) atoms. The Morgan fingerprint density at radius 1 is 1.29 bits per heavy atom. The molecule has 0 saturated carbocycles. The van der Waals surface area contributed by atoms with Crippen LogP contribution in [-0.4, -0.2) is 22.9 Å². The fraction of sp³-hybridized carbons (Fsp3) is 0. The number of hydrogen-bond donors (Lipinski definition) is 1. The van der Waals surface area contributed by atoms with Crippen LogP contribution < -0.4 is 0 Å². The molecule has 0 fully saturated rings. The van der Waals surface area contributed by atoms with E-state index in [1.807, 2.05) is 0 Å². The molecule has 0 atom stereocenters. The normalized spacial score (nSPS) is 3.57. The second-order valence-electron chi connectivity index (χ2n) is 0.238. The zero-order valence-electron chi connectivity index (χ0n) is 2.37. The van der Waals surface area contributed by atoms with Gasteiger partial charge < -0.3 is 0 Å². The Morgan fingerprint density at radius 2 is 1.29 bits per heavy atom. The van der Waals surface area contributed by atoms with E-state index in [9.17, 15) is 0 Å². The fourth-order valence-electron chi connectivity index (χ4n) is 0. The predicted octanol–water partition coefficient (Wildman–Crippen LogP) is -1.45. The summed E-state index contributed by atoms with van der Waals surface area (Å²) in [4.78, 5) is 0. The molecule has 1 radical (unpaired) electrons. The molecule has 1 N–H and O–H groups in total. The van der Waals surface area contributed by atoms with Gasteiger partial charge in [-0.15, -0.1) is 0 Å². The van der Waals surface area contributed by atoms with Crippen molar-refractivity contribution in [3.63, 3.8) is 0 Å². The van der Waals surface area contributed by atoms with Gasteiger partial charge in [-0.25, -0.2) is 0 Å². The second kappa shape index (κ2) is 15.7. The van der Waals surface area contributed by atoms with Gasteiger partial charge in [-0.05, 0) is 0 Å². The van der Waals surface area contributed by atoms with Crippen LogP contribution in [-0.2, 0) is 56.9 Å². The molecule has 0 aliphatic heterocycles. The van der Waals surface area contributed by atoms with Gasteiger partial charge in [0.1, 0.15) is 0 Å². The van der Waals surface area contributed by atoms with Crippen LogP contribution in [0.3, 0.4) is 0 Å². The maximum atomic E-state index is 8.67. The van der Waals surface area contributed by atoms with Crippen LogP contribution in [0.2, 0.25) is 0 Å². The summed E-state index contributed by atoms with van der Waals surface area (Å²) >= 11 is -3.69. The van der Waals surface area contributed by atoms with E-state index in [0.29, 0.717) is 0 Å². The molecule has 0 spiro atoms. The van der Waals surface area contributed by atoms with Crippen molar-refractivity contribution in [2.45, 2.75) is 0 Å². The minimum atomic E-state index is -3.69. The van der Waals surface area contributed by atoms with Crippen molar-refractivity contribution in [3.8, 4) is 0 Å². The van der Waals surface area contributed by atoms with Crippen molar-refractivity contribution in [1.29, 1.82) is 0 Å². The predicted molar refractivity (Wildman–Crippen MR) is 10.7 cm³/mol. The molecule has 45 valence electrons. The Kier molecular flexibility index (Phi) is 52.0. The van der Waals surface area contributed by atoms with Crippen molar-refractivity contribution < 1.29 is 60.9 Å². The van der Waals surface area contributed by atoms with Crippen molar-refractivity contribution in [1.82, 2.24) is 0 Å². The molecule has 0 aromatic heterocycles. The van der Waals surface area contributed by atoms with E-state index in [2.05, 4.69) is 0 Å². The molecular weight excluding hydrogens is 225 g/mol. The Labute approximate surface area is 79.1 Å². The van der Waals surface area contributed by atoms with Gasteiger partial charge in [0.15, 0.2) is 0 Å². The van der Waals surface area contributed by atoms with Crippen molar-refractivity contribution in [2.24, 2.45) is 0 Å². The van der Waals surface area contributed by atoms with E-state index in [1.165, 1.54) is 0 Å². The van der Waals surface area contributed by atoms with E-state index in [0.717, 1.165) is 0 Å². The van der Waals surface area contributed by atoms with Crippen LogP contribution in [0.15, 0.2) is 0 Å². The quantitative estimate of drug-likeness (QED) is 0.515. The van der Waals surface area contributed by atoms with E-state index in [-0.39, 0.29) is 53.0 Å². The summed E-state index contributed by atoms with van der Waals surface area (Å²) in [5.41, 5.74) is 0. The SMILES string of the molecule is [Cu].[Fe].[LiH].[O]=[V](=[O])[OH]. The number of rotatable bonds is 0. The Balaban J connectivity index is -0.0000000150. The van der Waals surface area contributed by atoms with Gasteiger partial charge >= 0.3 is 45.6 Å². The molecule has 0 heterocycles. The zero-order valence-corrected chi connectivity index (χ0v) is 5.81. The maximum absolute atomic E-state index is 8.67. The van der Waals surface area contributed by atoms with E-state index >= 15 is 0 Å². The van der Waals surface area contributed by atoms with Gasteiger partial charge in [-0.1, -0.05) is 0 Å². The summed E-state index contributed by atoms with van der Waals surface area (Å²) in [6, 6.07) is 0. The summed E-state index contributed by atoms with van der Waals surface area (Å²) in [5, 5.41) is 0. The van der Waals surface area contributed by atoms with E-state index in [4.69, 9.17) is 11.4 Å². The van der Waals surface area contributed by atoms with Gasteiger partial charge in [-0.3, -0.25) is 0 Å². The summed E-state index contributed by atoms with van der Waals surface area (Å²) in [6.07, 6.45) is 0. The fourth-order valence-corrected chi connectivity index (χ4v) is 0. The third kappa shape index (κ3) is 82.0. The number of hydrogen-bond acceptors (Lipinski definition) is 2. The van der Waals surface area contributed by atoms with Crippen LogP contribution in [0.4, 0.5) is 0 Å². The summed E-state index contributed by atoms with van der Waals surface area (Å²) in [6.45, 7) is 0. The third-order valence-electron chi connectivity index (χ3n) is 0. The Bertz CT molecular complexity index is 63.3. The average molecular weight is 227 g/mol. The van der Waals surface area contributed by atoms with Gasteiger partial charge in [0.2, 0.25) is 0 Å². The molecule has 0 aromatic rings. The molecule has 3 nitrogen and oxygen atoms in total. The van der Waals surface area contributed by atoms with Gasteiger partial charge in [0.25, 0.3) is 0 Å². The first-order chi connectivity index (χ1) is 1.73. The third-order valence-corrected chi connectivity index (χ3v) is 0. The summed E-state index contributed by atoms with van der Waals surface area (Å²) in [7, 11) is 0. The van der Waals surface area contributed by atoms with Crippen molar-refractivity contribution in [2.75, 3.05) is 0 Å². The molecule has 0 saturated heterocycles. The molecular formula is H2CuFeLiO3V. The Hall–Kier alpha value is 1.78. The molecule has 0 aliphatic carbocycles. The van der Waals surface area contributed by atoms with Crippen LogP contribution in [0.25, 0.3) is 0 Å². The first kappa shape index (κ1) is 23.3. The first-order valence-corrected chi connectivity index (χ1v) is 2.33. The van der Waals surface area contributed by atoms with Crippen LogP contribution in [0.5, 0.6) is 0 Å². The zero-order chi connectivity index (χ0) is 3.58. The standard InChI is InChI=1S/Cu.Fe.Li.H2O.2O.V.H/h;;;1H2;;;;/q;;;;;;+1;/p-1. The molecule has 0 unspecified atom stereocenters. The molecule has 0 amide bonds. The molecule has 7 heteroatoms. The second-order valence-corrected chi connectivity index (χ2v) is 0.981. The minimum absolute atomic E-state index is 0. The topological polar surface area (TPSA) is 54.4 Å². The van der Waals surface area contributed by atoms with E-state index < -0.39 is 15.4 Å². The molecule has 0 bridgehead atoms. The van der Waals surface area contributed by atoms with Gasteiger partial charge in [0.05, 0.1) is 0 Å². The molecule has 0 rings (SSSR count). The monoisotopic (exact) mass is 227 g/mol. The molecule has 0 aromatic carbocycles. The van der Waals surface area contributed by atoms with Crippen molar-refractivity contribution in [3.05, 3.63) is 0 Å². The van der Waals surface area contributed by atoms with Crippen LogP contribution >= 0.6 is 0 Å². The summed E-state index contributed by atoms with van der Waals surface area (Å²) < 4.78 is 24.4.